The van der Waals surface area contributed by atoms with E-state index in [2.05, 4.69) is 26.2 Å². The van der Waals surface area contributed by atoms with Gasteiger partial charge in [-0.05, 0) is 35.7 Å². The maximum absolute atomic E-state index is 13.2. The van der Waals surface area contributed by atoms with Crippen LogP contribution >= 0.6 is 11.3 Å². The van der Waals surface area contributed by atoms with E-state index < -0.39 is 11.8 Å². The van der Waals surface area contributed by atoms with Gasteiger partial charge in [-0.1, -0.05) is 0 Å². The number of ether oxygens (including phenoxy) is 3. The first-order valence-corrected chi connectivity index (χ1v) is 16.8. The SMILES string of the molecule is Cn1cc(NC(=O)c2cc(NC(=O)c3cc(NC(=O)c4cc5cc6c(cc5s4)OCO6)cn3C)cn2C)cc1C(=O)NCCN1CCOCC1. The maximum atomic E-state index is 13.2. The summed E-state index contributed by atoms with van der Waals surface area (Å²) in [6, 6.07) is 10.3. The first-order valence-electron chi connectivity index (χ1n) is 16.0. The number of fused-ring (bicyclic) bond motifs is 2. The summed E-state index contributed by atoms with van der Waals surface area (Å²) < 4.78 is 22.0. The van der Waals surface area contributed by atoms with Crippen molar-refractivity contribution in [3.63, 3.8) is 0 Å². The molecule has 16 heteroatoms. The Kier molecular flexibility index (Phi) is 9.05. The standard InChI is InChI=1S/C34H36N8O7S/c1-39-16-21(12-24(39)31(43)35-4-5-42-6-8-47-9-7-42)36-32(44)25-13-22(17-40(25)2)37-33(45)26-14-23(18-41(26)3)38-34(46)30-11-20-10-27-28(49-19-48-27)15-29(20)50-30/h10-18H,4-9,19H2,1-3H3,(H,35,43)(H,36,44)(H,37,45)(H,38,46). The minimum Gasteiger partial charge on any atom is -0.454 e. The number of amides is 4. The summed E-state index contributed by atoms with van der Waals surface area (Å²) in [5.41, 5.74) is 2.34. The zero-order chi connectivity index (χ0) is 34.9. The lowest BCUT2D eigenvalue weighted by atomic mass is 10.2. The molecule has 1 aromatic carbocycles. The summed E-state index contributed by atoms with van der Waals surface area (Å²) >= 11 is 1.33. The molecule has 6 heterocycles. The molecule has 5 aromatic rings. The Hall–Kier alpha value is -5.58. The van der Waals surface area contributed by atoms with Crippen LogP contribution in [-0.4, -0.2) is 88.4 Å². The highest BCUT2D eigenvalue weighted by molar-refractivity contribution is 7.21. The number of aromatic nitrogens is 3. The van der Waals surface area contributed by atoms with E-state index in [1.807, 2.05) is 12.1 Å². The summed E-state index contributed by atoms with van der Waals surface area (Å²) in [5.74, 6) is -0.0733. The van der Waals surface area contributed by atoms with Crippen molar-refractivity contribution in [1.82, 2.24) is 23.9 Å². The minimum absolute atomic E-state index is 0.180. The lowest BCUT2D eigenvalue weighted by Crippen LogP contribution is -2.41. The first kappa shape index (κ1) is 32.9. The monoisotopic (exact) mass is 700 g/mol. The fraction of sp³-hybridized carbons (Fsp3) is 0.294. The average Bonchev–Trinajstić information content (AvgIpc) is 3.92. The van der Waals surface area contributed by atoms with Crippen LogP contribution in [0.3, 0.4) is 0 Å². The smallest absolute Gasteiger partial charge is 0.272 e. The van der Waals surface area contributed by atoms with Crippen LogP contribution in [0.1, 0.15) is 41.1 Å². The number of benzene rings is 1. The third-order valence-corrected chi connectivity index (χ3v) is 9.64. The molecule has 0 saturated carbocycles. The van der Waals surface area contributed by atoms with Gasteiger partial charge in [0.1, 0.15) is 17.1 Å². The zero-order valence-corrected chi connectivity index (χ0v) is 28.5. The molecule has 7 rings (SSSR count). The van der Waals surface area contributed by atoms with Crippen LogP contribution in [-0.2, 0) is 25.9 Å². The molecule has 4 N–H and O–H groups in total. The van der Waals surface area contributed by atoms with Crippen LogP contribution in [0.15, 0.2) is 55.0 Å². The topological polar surface area (TPSA) is 162 Å². The van der Waals surface area contributed by atoms with Crippen molar-refractivity contribution >= 4 is 62.1 Å². The van der Waals surface area contributed by atoms with Crippen molar-refractivity contribution in [2.45, 2.75) is 0 Å². The lowest BCUT2D eigenvalue weighted by Gasteiger charge is -2.26. The Morgan fingerprint density at radius 2 is 1.20 bits per heavy atom. The molecular weight excluding hydrogens is 664 g/mol. The number of thiophene rings is 1. The number of nitrogens with one attached hydrogen (secondary N) is 4. The second-order valence-corrected chi connectivity index (χ2v) is 13.2. The van der Waals surface area contributed by atoms with Crippen LogP contribution in [0.4, 0.5) is 17.1 Å². The number of rotatable bonds is 10. The van der Waals surface area contributed by atoms with Crippen LogP contribution in [0.2, 0.25) is 0 Å². The Morgan fingerprint density at radius 3 is 1.78 bits per heavy atom. The van der Waals surface area contributed by atoms with E-state index in [-0.39, 0.29) is 18.6 Å². The molecule has 0 atom stereocenters. The van der Waals surface area contributed by atoms with E-state index >= 15 is 0 Å². The fourth-order valence-electron chi connectivity index (χ4n) is 5.94. The first-order chi connectivity index (χ1) is 24.1. The molecule has 50 heavy (non-hydrogen) atoms. The average molecular weight is 701 g/mol. The summed E-state index contributed by atoms with van der Waals surface area (Å²) in [7, 11) is 5.14. The van der Waals surface area contributed by atoms with Gasteiger partial charge < -0.3 is 49.2 Å². The molecule has 0 spiro atoms. The fourth-order valence-corrected chi connectivity index (χ4v) is 6.91. The summed E-state index contributed by atoms with van der Waals surface area (Å²) in [6.45, 7) is 4.50. The van der Waals surface area contributed by atoms with Gasteiger partial charge in [0.25, 0.3) is 23.6 Å². The third kappa shape index (κ3) is 6.94. The van der Waals surface area contributed by atoms with Gasteiger partial charge in [0.2, 0.25) is 6.79 Å². The number of carbonyl (C=O) groups is 4. The lowest BCUT2D eigenvalue weighted by molar-refractivity contribution is 0.0383. The second kappa shape index (κ2) is 13.7. The van der Waals surface area contributed by atoms with Gasteiger partial charge in [-0.2, -0.15) is 0 Å². The van der Waals surface area contributed by atoms with E-state index in [4.69, 9.17) is 14.2 Å². The van der Waals surface area contributed by atoms with Gasteiger partial charge in [-0.25, -0.2) is 0 Å². The molecule has 4 amide bonds. The highest BCUT2D eigenvalue weighted by Gasteiger charge is 2.21. The van der Waals surface area contributed by atoms with Crippen molar-refractivity contribution in [2.75, 3.05) is 62.1 Å². The Labute approximate surface area is 290 Å². The van der Waals surface area contributed by atoms with E-state index in [0.29, 0.717) is 70.3 Å². The molecule has 2 aliphatic rings. The maximum Gasteiger partial charge on any atom is 0.272 e. The Balaban J connectivity index is 0.946. The Morgan fingerprint density at radius 1 is 0.680 bits per heavy atom. The molecule has 0 aliphatic carbocycles. The normalized spacial score (nSPS) is 14.1. The third-order valence-electron chi connectivity index (χ3n) is 8.54. The molecule has 0 radical (unpaired) electrons. The number of hydrogen-bond acceptors (Lipinski definition) is 9. The number of aryl methyl sites for hydroxylation is 3. The predicted molar refractivity (Wildman–Crippen MR) is 188 cm³/mol. The van der Waals surface area contributed by atoms with Crippen LogP contribution in [0.25, 0.3) is 10.1 Å². The zero-order valence-electron chi connectivity index (χ0n) is 27.7. The number of hydrogen-bond donors (Lipinski definition) is 4. The minimum atomic E-state index is -0.422. The van der Waals surface area contributed by atoms with E-state index in [1.54, 1.807) is 77.7 Å². The van der Waals surface area contributed by atoms with Crippen LogP contribution in [0, 0.1) is 0 Å². The highest BCUT2D eigenvalue weighted by atomic mass is 32.1. The molecule has 1 saturated heterocycles. The second-order valence-electron chi connectivity index (χ2n) is 12.1. The molecule has 1 fully saturated rings. The number of anilines is 3. The van der Waals surface area contributed by atoms with E-state index in [9.17, 15) is 19.2 Å². The van der Waals surface area contributed by atoms with E-state index in [1.165, 1.54) is 11.3 Å². The van der Waals surface area contributed by atoms with Crippen molar-refractivity contribution in [2.24, 2.45) is 21.1 Å². The largest absolute Gasteiger partial charge is 0.454 e. The van der Waals surface area contributed by atoms with E-state index in [0.717, 1.165) is 29.7 Å². The molecule has 4 aromatic heterocycles. The van der Waals surface area contributed by atoms with Gasteiger partial charge in [0.15, 0.2) is 11.5 Å². The summed E-state index contributed by atoms with van der Waals surface area (Å²) in [6.07, 6.45) is 4.95. The van der Waals surface area contributed by atoms with Crippen LogP contribution in [0.5, 0.6) is 11.5 Å². The van der Waals surface area contributed by atoms with Crippen molar-refractivity contribution in [3.8, 4) is 11.5 Å². The molecular formula is C34H36N8O7S. The van der Waals surface area contributed by atoms with Gasteiger partial charge in [-0.15, -0.1) is 11.3 Å². The van der Waals surface area contributed by atoms with Gasteiger partial charge >= 0.3 is 0 Å². The summed E-state index contributed by atoms with van der Waals surface area (Å²) in [5, 5.41) is 12.3. The summed E-state index contributed by atoms with van der Waals surface area (Å²) in [4.78, 5) is 55.0. The van der Waals surface area contributed by atoms with Crippen molar-refractivity contribution in [3.05, 3.63) is 76.9 Å². The Bertz CT molecular complexity index is 2080. The van der Waals surface area contributed by atoms with Gasteiger partial charge in [0.05, 0.1) is 35.2 Å². The number of nitrogens with zero attached hydrogens (tertiary/aromatic N) is 4. The quantitative estimate of drug-likeness (QED) is 0.172. The number of morpholine rings is 1. The molecule has 0 unspecified atom stereocenters. The molecule has 15 nitrogen and oxygen atoms in total. The van der Waals surface area contributed by atoms with Crippen molar-refractivity contribution < 1.29 is 33.4 Å². The number of carbonyl (C=O) groups excluding carboxylic acids is 4. The van der Waals surface area contributed by atoms with Gasteiger partial charge in [0, 0.05) is 76.7 Å². The molecule has 0 bridgehead atoms. The van der Waals surface area contributed by atoms with Crippen molar-refractivity contribution in [1.29, 1.82) is 0 Å². The molecule has 260 valence electrons. The highest BCUT2D eigenvalue weighted by Crippen LogP contribution is 2.39. The van der Waals surface area contributed by atoms with Crippen LogP contribution < -0.4 is 30.7 Å². The molecule has 2 aliphatic heterocycles. The predicted octanol–water partition coefficient (Wildman–Crippen LogP) is 3.46. The van der Waals surface area contributed by atoms with Gasteiger partial charge in [-0.3, -0.25) is 24.1 Å².